The van der Waals surface area contributed by atoms with E-state index in [0.717, 1.165) is 39.2 Å². The molecule has 3 aromatic carbocycles. The van der Waals surface area contributed by atoms with Gasteiger partial charge in [-0.2, -0.15) is 4.98 Å². The minimum Gasteiger partial charge on any atom is -0.334 e. The van der Waals surface area contributed by atoms with Crippen molar-refractivity contribution in [1.82, 2.24) is 15.5 Å². The number of urea groups is 1. The Balaban J connectivity index is 1.66. The quantitative estimate of drug-likeness (QED) is 0.392. The third kappa shape index (κ3) is 3.88. The van der Waals surface area contributed by atoms with Crippen LogP contribution in [0.4, 0.5) is 10.5 Å². The number of allylic oxidation sites excluding steroid dienone is 1. The Morgan fingerprint density at radius 3 is 2.32 bits per heavy atom. The van der Waals surface area contributed by atoms with Gasteiger partial charge in [0.15, 0.2) is 0 Å². The number of hydrogen-bond donors (Lipinski definition) is 1. The molecule has 4 aromatic rings. The van der Waals surface area contributed by atoms with Crippen LogP contribution in [-0.2, 0) is 0 Å². The number of carbonyl (C=O) groups excluding carboxylic acids is 1. The topological polar surface area (TPSA) is 71.3 Å². The second-order valence-electron chi connectivity index (χ2n) is 8.69. The number of aryl methyl sites for hydroxylation is 3. The zero-order valence-corrected chi connectivity index (χ0v) is 19.7. The summed E-state index contributed by atoms with van der Waals surface area (Å²) in [5, 5.41) is 7.42. The summed E-state index contributed by atoms with van der Waals surface area (Å²) in [5.74, 6) is 0.898. The highest BCUT2D eigenvalue weighted by molar-refractivity contribution is 6.01. The van der Waals surface area contributed by atoms with E-state index in [1.807, 2.05) is 74.5 Å². The highest BCUT2D eigenvalue weighted by Crippen LogP contribution is 2.39. The lowest BCUT2D eigenvalue weighted by molar-refractivity contribution is 0.244. The average Bonchev–Trinajstić information content (AvgIpc) is 3.31. The molecular formula is C28H26N4O2. The number of rotatable bonds is 4. The monoisotopic (exact) mass is 450 g/mol. The Labute approximate surface area is 198 Å². The lowest BCUT2D eigenvalue weighted by Gasteiger charge is -2.35. The third-order valence-electron chi connectivity index (χ3n) is 6.33. The maximum atomic E-state index is 13.3. The molecule has 170 valence electrons. The van der Waals surface area contributed by atoms with E-state index in [0.29, 0.717) is 11.7 Å². The van der Waals surface area contributed by atoms with Gasteiger partial charge in [-0.05, 0) is 56.5 Å². The summed E-state index contributed by atoms with van der Waals surface area (Å²) in [6.45, 7) is 8.10. The molecule has 0 spiro atoms. The van der Waals surface area contributed by atoms with Crippen LogP contribution in [0.3, 0.4) is 0 Å². The molecule has 1 N–H and O–H groups in total. The Kier molecular flexibility index (Phi) is 5.49. The number of para-hydroxylation sites is 1. The molecule has 0 aliphatic carbocycles. The molecule has 0 radical (unpaired) electrons. The van der Waals surface area contributed by atoms with Gasteiger partial charge in [0.1, 0.15) is 0 Å². The molecule has 1 aromatic heterocycles. The summed E-state index contributed by atoms with van der Waals surface area (Å²) in [5.41, 5.74) is 7.64. The van der Waals surface area contributed by atoms with Crippen molar-refractivity contribution in [2.45, 2.75) is 33.7 Å². The molecule has 0 saturated heterocycles. The van der Waals surface area contributed by atoms with Gasteiger partial charge in [0.05, 0.1) is 17.3 Å². The Morgan fingerprint density at radius 1 is 0.882 bits per heavy atom. The molecule has 6 heteroatoms. The van der Waals surface area contributed by atoms with Crippen molar-refractivity contribution in [1.29, 1.82) is 0 Å². The number of nitrogens with one attached hydrogen (secondary N) is 1. The fourth-order valence-corrected chi connectivity index (χ4v) is 4.25. The first kappa shape index (κ1) is 21.6. The molecule has 34 heavy (non-hydrogen) atoms. The van der Waals surface area contributed by atoms with Crippen LogP contribution < -0.4 is 10.2 Å². The van der Waals surface area contributed by atoms with Crippen LogP contribution in [0, 0.1) is 20.8 Å². The minimum absolute atomic E-state index is 0.200. The van der Waals surface area contributed by atoms with Gasteiger partial charge in [-0.15, -0.1) is 0 Å². The highest BCUT2D eigenvalue weighted by atomic mass is 16.5. The van der Waals surface area contributed by atoms with Gasteiger partial charge < -0.3 is 9.84 Å². The van der Waals surface area contributed by atoms with E-state index >= 15 is 0 Å². The summed E-state index contributed by atoms with van der Waals surface area (Å²) < 4.78 is 5.79. The fraction of sp³-hybridized carbons (Fsp3) is 0.179. The number of carbonyl (C=O) groups is 1. The predicted molar refractivity (Wildman–Crippen MR) is 133 cm³/mol. The van der Waals surface area contributed by atoms with Gasteiger partial charge in [0.25, 0.3) is 5.89 Å². The standard InChI is InChI=1S/C28H26N4O2/c1-17-10-13-21(14-11-17)26-30-27(34-31-26)24-20(4)32(23-8-6-5-7-9-23)28(33)29-25(24)22-15-12-18(2)19(3)16-22/h5-16,25H,1-4H3,(H,29,33). The maximum absolute atomic E-state index is 13.3. The normalized spacial score (nSPS) is 16.1. The lowest BCUT2D eigenvalue weighted by Crippen LogP contribution is -2.46. The molecule has 0 saturated carbocycles. The summed E-state index contributed by atoms with van der Waals surface area (Å²) in [6, 6.07) is 23.1. The first-order chi connectivity index (χ1) is 16.4. The van der Waals surface area contributed by atoms with Gasteiger partial charge in [-0.25, -0.2) is 4.79 Å². The smallest absolute Gasteiger partial charge is 0.326 e. The van der Waals surface area contributed by atoms with Crippen LogP contribution in [-0.4, -0.2) is 16.2 Å². The SMILES string of the molecule is CC1=C(c2nc(-c3ccc(C)cc3)no2)C(c2ccc(C)c(C)c2)NC(=O)N1c1ccccc1. The Hall–Kier alpha value is -4.19. The molecule has 5 rings (SSSR count). The number of hydrogen-bond acceptors (Lipinski definition) is 4. The second-order valence-corrected chi connectivity index (χ2v) is 8.69. The van der Waals surface area contributed by atoms with Gasteiger partial charge in [0, 0.05) is 11.3 Å². The van der Waals surface area contributed by atoms with E-state index in [1.54, 1.807) is 4.90 Å². The fourth-order valence-electron chi connectivity index (χ4n) is 4.25. The van der Waals surface area contributed by atoms with Crippen LogP contribution in [0.1, 0.15) is 41.1 Å². The van der Waals surface area contributed by atoms with E-state index < -0.39 is 6.04 Å². The van der Waals surface area contributed by atoms with Crippen molar-refractivity contribution < 1.29 is 9.32 Å². The molecule has 1 unspecified atom stereocenters. The molecule has 2 heterocycles. The predicted octanol–water partition coefficient (Wildman–Crippen LogP) is 6.36. The zero-order chi connectivity index (χ0) is 23.8. The van der Waals surface area contributed by atoms with Crippen LogP contribution >= 0.6 is 0 Å². The van der Waals surface area contributed by atoms with Crippen LogP contribution in [0.25, 0.3) is 17.0 Å². The number of nitrogens with zero attached hydrogens (tertiary/aromatic N) is 3. The summed E-state index contributed by atoms with van der Waals surface area (Å²) in [6.07, 6.45) is 0. The Bertz CT molecular complexity index is 1390. The molecule has 1 aliphatic rings. The van der Waals surface area contributed by atoms with E-state index in [-0.39, 0.29) is 6.03 Å². The number of amides is 2. The molecule has 0 bridgehead atoms. The van der Waals surface area contributed by atoms with Crippen molar-refractivity contribution in [3.63, 3.8) is 0 Å². The maximum Gasteiger partial charge on any atom is 0.326 e. The van der Waals surface area contributed by atoms with E-state index in [2.05, 4.69) is 36.5 Å². The van der Waals surface area contributed by atoms with E-state index in [4.69, 9.17) is 9.51 Å². The van der Waals surface area contributed by atoms with Crippen molar-refractivity contribution in [3.8, 4) is 11.4 Å². The number of benzene rings is 3. The van der Waals surface area contributed by atoms with Crippen LogP contribution in [0.2, 0.25) is 0 Å². The highest BCUT2D eigenvalue weighted by Gasteiger charge is 2.36. The largest absolute Gasteiger partial charge is 0.334 e. The van der Waals surface area contributed by atoms with E-state index in [9.17, 15) is 4.79 Å². The number of anilines is 1. The lowest BCUT2D eigenvalue weighted by atomic mass is 9.92. The molecule has 1 atom stereocenters. The van der Waals surface area contributed by atoms with Crippen molar-refractivity contribution in [2.75, 3.05) is 4.90 Å². The van der Waals surface area contributed by atoms with Crippen LogP contribution in [0.15, 0.2) is 83.0 Å². The van der Waals surface area contributed by atoms with Gasteiger partial charge in [0.2, 0.25) is 5.82 Å². The summed E-state index contributed by atoms with van der Waals surface area (Å²) in [7, 11) is 0. The van der Waals surface area contributed by atoms with Gasteiger partial charge >= 0.3 is 6.03 Å². The zero-order valence-electron chi connectivity index (χ0n) is 19.7. The average molecular weight is 451 g/mol. The van der Waals surface area contributed by atoms with E-state index in [1.165, 1.54) is 5.56 Å². The molecular weight excluding hydrogens is 424 g/mol. The van der Waals surface area contributed by atoms with Crippen molar-refractivity contribution in [2.24, 2.45) is 0 Å². The minimum atomic E-state index is -0.418. The first-order valence-electron chi connectivity index (χ1n) is 11.3. The first-order valence-corrected chi connectivity index (χ1v) is 11.3. The number of aromatic nitrogens is 2. The molecule has 6 nitrogen and oxygen atoms in total. The Morgan fingerprint density at radius 2 is 1.62 bits per heavy atom. The molecule has 0 fully saturated rings. The molecule has 1 aliphatic heterocycles. The molecule has 2 amide bonds. The van der Waals surface area contributed by atoms with Gasteiger partial charge in [-0.1, -0.05) is 71.4 Å². The second kappa shape index (κ2) is 8.63. The summed E-state index contributed by atoms with van der Waals surface area (Å²) in [4.78, 5) is 19.7. The summed E-state index contributed by atoms with van der Waals surface area (Å²) >= 11 is 0. The van der Waals surface area contributed by atoms with Crippen LogP contribution in [0.5, 0.6) is 0 Å². The van der Waals surface area contributed by atoms with Crippen molar-refractivity contribution in [3.05, 3.63) is 107 Å². The third-order valence-corrected chi connectivity index (χ3v) is 6.33. The van der Waals surface area contributed by atoms with Crippen molar-refractivity contribution >= 4 is 17.3 Å². The van der Waals surface area contributed by atoms with Gasteiger partial charge in [-0.3, -0.25) is 4.90 Å².